The van der Waals surface area contributed by atoms with Crippen molar-refractivity contribution < 1.29 is 0 Å². The molecule has 0 radical (unpaired) electrons. The summed E-state index contributed by atoms with van der Waals surface area (Å²) in [4.78, 5) is 6.76. The van der Waals surface area contributed by atoms with Crippen LogP contribution in [0, 0.1) is 12.3 Å². The van der Waals surface area contributed by atoms with Crippen LogP contribution in [-0.4, -0.2) is 31.2 Å². The zero-order chi connectivity index (χ0) is 9.60. The molecule has 3 heteroatoms. The number of aromatic nitrogens is 1. The normalized spacial score (nSPS) is 23.1. The quantitative estimate of drug-likeness (QED) is 0.708. The first kappa shape index (κ1) is 8.24. The SMILES string of the molecule is Cc1ccnc(N2CC3(CNC3)C2)c1. The Morgan fingerprint density at radius 1 is 1.43 bits per heavy atom. The largest absolute Gasteiger partial charge is 0.355 e. The van der Waals surface area contributed by atoms with Gasteiger partial charge in [-0.2, -0.15) is 0 Å². The topological polar surface area (TPSA) is 28.2 Å². The molecule has 2 saturated heterocycles. The predicted octanol–water partition coefficient (Wildman–Crippen LogP) is 0.800. The van der Waals surface area contributed by atoms with Crippen molar-refractivity contribution in [1.82, 2.24) is 10.3 Å². The predicted molar refractivity (Wildman–Crippen MR) is 56.5 cm³/mol. The van der Waals surface area contributed by atoms with Gasteiger partial charge in [-0.15, -0.1) is 0 Å². The van der Waals surface area contributed by atoms with E-state index in [1.54, 1.807) is 0 Å². The van der Waals surface area contributed by atoms with Crippen LogP contribution in [0.25, 0.3) is 0 Å². The third-order valence-electron chi connectivity index (χ3n) is 3.28. The third-order valence-corrected chi connectivity index (χ3v) is 3.28. The van der Waals surface area contributed by atoms with Crippen molar-refractivity contribution in [1.29, 1.82) is 0 Å². The average Bonchev–Trinajstić information content (AvgIpc) is 1.98. The molecule has 2 fully saturated rings. The molecule has 74 valence electrons. The second-order valence-corrected chi connectivity index (χ2v) is 4.65. The molecule has 3 rings (SSSR count). The van der Waals surface area contributed by atoms with Crippen LogP contribution in [0.5, 0.6) is 0 Å². The highest BCUT2D eigenvalue weighted by Crippen LogP contribution is 2.36. The van der Waals surface area contributed by atoms with Gasteiger partial charge in [0.25, 0.3) is 0 Å². The Morgan fingerprint density at radius 3 is 2.79 bits per heavy atom. The second kappa shape index (κ2) is 2.70. The van der Waals surface area contributed by atoms with E-state index in [4.69, 9.17) is 0 Å². The molecule has 0 aliphatic carbocycles. The van der Waals surface area contributed by atoms with Crippen LogP contribution >= 0.6 is 0 Å². The van der Waals surface area contributed by atoms with Crippen molar-refractivity contribution in [2.24, 2.45) is 5.41 Å². The summed E-state index contributed by atoms with van der Waals surface area (Å²) in [7, 11) is 0. The van der Waals surface area contributed by atoms with Gasteiger partial charge in [-0.25, -0.2) is 4.98 Å². The van der Waals surface area contributed by atoms with E-state index in [1.807, 2.05) is 12.3 Å². The van der Waals surface area contributed by atoms with Gasteiger partial charge < -0.3 is 10.2 Å². The Hall–Kier alpha value is -1.09. The average molecular weight is 189 g/mol. The smallest absolute Gasteiger partial charge is 0.128 e. The van der Waals surface area contributed by atoms with E-state index in [2.05, 4.69) is 28.2 Å². The Kier molecular flexibility index (Phi) is 1.59. The molecule has 2 aliphatic heterocycles. The molecule has 2 aliphatic rings. The van der Waals surface area contributed by atoms with Gasteiger partial charge in [-0.05, 0) is 24.6 Å². The molecular formula is C11H15N3. The van der Waals surface area contributed by atoms with Crippen molar-refractivity contribution in [2.75, 3.05) is 31.1 Å². The monoisotopic (exact) mass is 189 g/mol. The lowest BCUT2D eigenvalue weighted by Crippen LogP contribution is -2.71. The van der Waals surface area contributed by atoms with E-state index < -0.39 is 0 Å². The zero-order valence-electron chi connectivity index (χ0n) is 8.45. The lowest BCUT2D eigenvalue weighted by atomic mass is 9.74. The molecular weight excluding hydrogens is 174 g/mol. The number of anilines is 1. The number of aryl methyl sites for hydroxylation is 1. The lowest BCUT2D eigenvalue weighted by Gasteiger charge is -2.56. The highest BCUT2D eigenvalue weighted by Gasteiger charge is 2.47. The molecule has 14 heavy (non-hydrogen) atoms. The summed E-state index contributed by atoms with van der Waals surface area (Å²) in [6.45, 7) is 6.85. The summed E-state index contributed by atoms with van der Waals surface area (Å²) < 4.78 is 0. The number of rotatable bonds is 1. The summed E-state index contributed by atoms with van der Waals surface area (Å²) in [6, 6.07) is 4.21. The van der Waals surface area contributed by atoms with Crippen molar-refractivity contribution in [3.05, 3.63) is 23.9 Å². The molecule has 3 heterocycles. The van der Waals surface area contributed by atoms with E-state index in [0.29, 0.717) is 5.41 Å². The zero-order valence-corrected chi connectivity index (χ0v) is 8.45. The minimum Gasteiger partial charge on any atom is -0.355 e. The summed E-state index contributed by atoms with van der Waals surface area (Å²) in [6.07, 6.45) is 1.90. The molecule has 0 atom stereocenters. The van der Waals surface area contributed by atoms with Crippen LogP contribution in [0.2, 0.25) is 0 Å². The van der Waals surface area contributed by atoms with Crippen LogP contribution in [-0.2, 0) is 0 Å². The van der Waals surface area contributed by atoms with Gasteiger partial charge in [-0.3, -0.25) is 0 Å². The fourth-order valence-electron chi connectivity index (χ4n) is 2.32. The number of nitrogens with one attached hydrogen (secondary N) is 1. The van der Waals surface area contributed by atoms with Gasteiger partial charge in [0.05, 0.1) is 0 Å². The maximum Gasteiger partial charge on any atom is 0.128 e. The summed E-state index contributed by atoms with van der Waals surface area (Å²) >= 11 is 0. The van der Waals surface area contributed by atoms with Crippen molar-refractivity contribution in [2.45, 2.75) is 6.92 Å². The summed E-state index contributed by atoms with van der Waals surface area (Å²) in [5, 5.41) is 3.34. The van der Waals surface area contributed by atoms with Crippen molar-refractivity contribution in [3.63, 3.8) is 0 Å². The second-order valence-electron chi connectivity index (χ2n) is 4.65. The van der Waals surface area contributed by atoms with Crippen LogP contribution in [0.3, 0.4) is 0 Å². The Bertz CT molecular complexity index is 349. The summed E-state index contributed by atoms with van der Waals surface area (Å²) in [5.74, 6) is 1.14. The van der Waals surface area contributed by atoms with E-state index >= 15 is 0 Å². The molecule has 0 unspecified atom stereocenters. The van der Waals surface area contributed by atoms with E-state index in [-0.39, 0.29) is 0 Å². The number of nitrogens with zero attached hydrogens (tertiary/aromatic N) is 2. The first-order valence-corrected chi connectivity index (χ1v) is 5.16. The molecule has 3 nitrogen and oxygen atoms in total. The van der Waals surface area contributed by atoms with Crippen LogP contribution in [0.1, 0.15) is 5.56 Å². The standard InChI is InChI=1S/C11H15N3/c1-9-2-3-13-10(4-9)14-7-11(8-14)5-12-6-11/h2-4,12H,5-8H2,1H3. The Balaban J connectivity index is 1.73. The molecule has 0 amide bonds. The van der Waals surface area contributed by atoms with Gasteiger partial charge in [0.1, 0.15) is 5.82 Å². The highest BCUT2D eigenvalue weighted by atomic mass is 15.3. The highest BCUT2D eigenvalue weighted by molar-refractivity contribution is 5.45. The maximum absolute atomic E-state index is 4.39. The molecule has 1 aromatic heterocycles. The molecule has 1 aromatic rings. The van der Waals surface area contributed by atoms with E-state index in [1.165, 1.54) is 31.7 Å². The third kappa shape index (κ3) is 1.12. The van der Waals surface area contributed by atoms with Crippen LogP contribution < -0.4 is 10.2 Å². The molecule has 0 aromatic carbocycles. The van der Waals surface area contributed by atoms with Crippen molar-refractivity contribution in [3.8, 4) is 0 Å². The fourth-order valence-corrected chi connectivity index (χ4v) is 2.32. The molecule has 1 N–H and O–H groups in total. The number of pyridine rings is 1. The van der Waals surface area contributed by atoms with Gasteiger partial charge in [0.2, 0.25) is 0 Å². The number of hydrogen-bond donors (Lipinski definition) is 1. The molecule has 1 spiro atoms. The van der Waals surface area contributed by atoms with Gasteiger partial charge in [-0.1, -0.05) is 0 Å². The maximum atomic E-state index is 4.39. The first-order valence-electron chi connectivity index (χ1n) is 5.16. The van der Waals surface area contributed by atoms with Gasteiger partial charge >= 0.3 is 0 Å². The van der Waals surface area contributed by atoms with Crippen LogP contribution in [0.15, 0.2) is 18.3 Å². The number of hydrogen-bond acceptors (Lipinski definition) is 3. The lowest BCUT2D eigenvalue weighted by molar-refractivity contribution is 0.120. The Labute approximate surface area is 84.1 Å². The fraction of sp³-hybridized carbons (Fsp3) is 0.545. The minimum atomic E-state index is 0.589. The van der Waals surface area contributed by atoms with Gasteiger partial charge in [0.15, 0.2) is 0 Å². The molecule has 0 saturated carbocycles. The molecule has 0 bridgehead atoms. The first-order chi connectivity index (χ1) is 6.77. The van der Waals surface area contributed by atoms with Crippen molar-refractivity contribution >= 4 is 5.82 Å². The minimum absolute atomic E-state index is 0.589. The van der Waals surface area contributed by atoms with E-state index in [9.17, 15) is 0 Å². The Morgan fingerprint density at radius 2 is 2.21 bits per heavy atom. The summed E-state index contributed by atoms with van der Waals surface area (Å²) in [5.41, 5.74) is 1.88. The van der Waals surface area contributed by atoms with Crippen LogP contribution in [0.4, 0.5) is 5.82 Å². The van der Waals surface area contributed by atoms with E-state index in [0.717, 1.165) is 5.82 Å². The van der Waals surface area contributed by atoms with Gasteiger partial charge in [0, 0.05) is 37.8 Å².